The number of carbonyl (C=O) groups excluding carboxylic acids is 1. The highest BCUT2D eigenvalue weighted by molar-refractivity contribution is 9.11. The Balaban J connectivity index is 2.21. The van der Waals surface area contributed by atoms with E-state index in [0.717, 1.165) is 14.5 Å². The van der Waals surface area contributed by atoms with Gasteiger partial charge in [0.2, 0.25) is 0 Å². The molecule has 0 bridgehead atoms. The third-order valence-electron chi connectivity index (χ3n) is 2.95. The molecule has 1 aromatic heterocycles. The molecule has 0 N–H and O–H groups in total. The van der Waals surface area contributed by atoms with Crippen LogP contribution in [-0.2, 0) is 6.54 Å². The summed E-state index contributed by atoms with van der Waals surface area (Å²) >= 11 is 6.83. The van der Waals surface area contributed by atoms with Gasteiger partial charge in [-0.3, -0.25) is 9.78 Å². The van der Waals surface area contributed by atoms with Gasteiger partial charge in [-0.2, -0.15) is 0 Å². The number of rotatable bonds is 4. The second-order valence-electron chi connectivity index (χ2n) is 4.30. The van der Waals surface area contributed by atoms with Crippen molar-refractivity contribution in [1.82, 2.24) is 9.88 Å². The Morgan fingerprint density at radius 2 is 1.90 bits per heavy atom. The third kappa shape index (κ3) is 3.67. The van der Waals surface area contributed by atoms with Crippen molar-refractivity contribution in [2.45, 2.75) is 13.5 Å². The summed E-state index contributed by atoms with van der Waals surface area (Å²) < 4.78 is 1.74. The molecule has 1 amide bonds. The summed E-state index contributed by atoms with van der Waals surface area (Å²) in [6.07, 6.45) is 3.48. The maximum atomic E-state index is 12.6. The molecule has 3 nitrogen and oxygen atoms in total. The molecule has 0 atom stereocenters. The topological polar surface area (TPSA) is 33.2 Å². The minimum Gasteiger partial charge on any atom is -0.335 e. The zero-order valence-electron chi connectivity index (χ0n) is 11.0. The Hall–Kier alpha value is -1.20. The van der Waals surface area contributed by atoms with Crippen LogP contribution in [0.4, 0.5) is 0 Å². The number of nitrogens with zero attached hydrogens (tertiary/aromatic N) is 2. The molecule has 0 unspecified atom stereocenters. The molecule has 0 aliphatic carbocycles. The normalized spacial score (nSPS) is 10.3. The molecule has 0 aliphatic heterocycles. The molecule has 0 aliphatic rings. The van der Waals surface area contributed by atoms with E-state index in [4.69, 9.17) is 0 Å². The summed E-state index contributed by atoms with van der Waals surface area (Å²) in [5, 5.41) is 0. The van der Waals surface area contributed by atoms with E-state index in [9.17, 15) is 4.79 Å². The number of benzene rings is 1. The first-order valence-corrected chi connectivity index (χ1v) is 7.83. The summed E-state index contributed by atoms with van der Waals surface area (Å²) in [6.45, 7) is 3.22. The maximum Gasteiger partial charge on any atom is 0.255 e. The smallest absolute Gasteiger partial charge is 0.255 e. The number of amides is 1. The van der Waals surface area contributed by atoms with E-state index in [1.165, 1.54) is 0 Å². The first-order valence-electron chi connectivity index (χ1n) is 6.25. The average molecular weight is 398 g/mol. The van der Waals surface area contributed by atoms with Crippen LogP contribution >= 0.6 is 31.9 Å². The van der Waals surface area contributed by atoms with Crippen molar-refractivity contribution in [3.63, 3.8) is 0 Å². The summed E-state index contributed by atoms with van der Waals surface area (Å²) in [4.78, 5) is 18.4. The average Bonchev–Trinajstić information content (AvgIpc) is 2.45. The first kappa shape index (κ1) is 15.2. The molecule has 2 aromatic rings. The van der Waals surface area contributed by atoms with Crippen molar-refractivity contribution in [2.75, 3.05) is 6.54 Å². The second-order valence-corrected chi connectivity index (χ2v) is 6.07. The number of hydrogen-bond donors (Lipinski definition) is 0. The number of hydrogen-bond acceptors (Lipinski definition) is 2. The fourth-order valence-electron chi connectivity index (χ4n) is 1.87. The minimum atomic E-state index is 0.0173. The van der Waals surface area contributed by atoms with Crippen molar-refractivity contribution in [2.24, 2.45) is 0 Å². The number of carbonyl (C=O) groups is 1. The van der Waals surface area contributed by atoms with Crippen LogP contribution in [0.2, 0.25) is 0 Å². The van der Waals surface area contributed by atoms with Crippen molar-refractivity contribution in [3.05, 3.63) is 62.8 Å². The zero-order chi connectivity index (χ0) is 14.5. The predicted molar refractivity (Wildman–Crippen MR) is 86.5 cm³/mol. The predicted octanol–water partition coefficient (Wildman–Crippen LogP) is 4.27. The maximum absolute atomic E-state index is 12.6. The molecule has 0 radical (unpaired) electrons. The number of pyridine rings is 1. The summed E-state index contributed by atoms with van der Waals surface area (Å²) in [6, 6.07) is 9.43. The van der Waals surface area contributed by atoms with Gasteiger partial charge in [0.15, 0.2) is 0 Å². The van der Waals surface area contributed by atoms with Crippen LogP contribution in [0.15, 0.2) is 51.7 Å². The van der Waals surface area contributed by atoms with Gasteiger partial charge in [-0.1, -0.05) is 15.9 Å². The van der Waals surface area contributed by atoms with Gasteiger partial charge < -0.3 is 4.90 Å². The molecule has 0 saturated carbocycles. The molecular weight excluding hydrogens is 384 g/mol. The Bertz CT molecular complexity index is 602. The van der Waals surface area contributed by atoms with Gasteiger partial charge in [-0.15, -0.1) is 0 Å². The highest BCUT2D eigenvalue weighted by Gasteiger charge is 2.17. The van der Waals surface area contributed by atoms with Gasteiger partial charge in [0.05, 0.1) is 5.56 Å². The molecule has 1 aromatic carbocycles. The lowest BCUT2D eigenvalue weighted by atomic mass is 10.1. The van der Waals surface area contributed by atoms with Crippen LogP contribution in [0.3, 0.4) is 0 Å². The fraction of sp³-hybridized carbons (Fsp3) is 0.200. The van der Waals surface area contributed by atoms with E-state index < -0.39 is 0 Å². The monoisotopic (exact) mass is 396 g/mol. The highest BCUT2D eigenvalue weighted by Crippen LogP contribution is 2.23. The van der Waals surface area contributed by atoms with Crippen molar-refractivity contribution >= 4 is 37.8 Å². The van der Waals surface area contributed by atoms with Crippen molar-refractivity contribution in [1.29, 1.82) is 0 Å². The summed E-state index contributed by atoms with van der Waals surface area (Å²) in [5.74, 6) is 0.0173. The molecule has 0 fully saturated rings. The Labute approximate surface area is 135 Å². The van der Waals surface area contributed by atoms with Gasteiger partial charge in [-0.05, 0) is 58.7 Å². The van der Waals surface area contributed by atoms with Crippen molar-refractivity contribution in [3.8, 4) is 0 Å². The third-order valence-corrected chi connectivity index (χ3v) is 4.10. The van der Waals surface area contributed by atoms with Crippen molar-refractivity contribution < 1.29 is 4.79 Å². The fourth-order valence-corrected chi connectivity index (χ4v) is 3.09. The highest BCUT2D eigenvalue weighted by atomic mass is 79.9. The summed E-state index contributed by atoms with van der Waals surface area (Å²) in [5.41, 5.74) is 1.74. The summed E-state index contributed by atoms with van der Waals surface area (Å²) in [7, 11) is 0. The Morgan fingerprint density at radius 1 is 1.20 bits per heavy atom. The van der Waals surface area contributed by atoms with Crippen LogP contribution in [0.25, 0.3) is 0 Å². The van der Waals surface area contributed by atoms with Gasteiger partial charge in [-0.25, -0.2) is 0 Å². The van der Waals surface area contributed by atoms with E-state index in [1.54, 1.807) is 12.4 Å². The lowest BCUT2D eigenvalue weighted by Crippen LogP contribution is -2.30. The van der Waals surface area contributed by atoms with Crippen LogP contribution in [0.5, 0.6) is 0 Å². The molecular formula is C15H14Br2N2O. The first-order chi connectivity index (χ1) is 9.61. The number of aromatic nitrogens is 1. The van der Waals surface area contributed by atoms with Crippen LogP contribution in [0.1, 0.15) is 22.8 Å². The van der Waals surface area contributed by atoms with E-state index in [1.807, 2.05) is 42.2 Å². The molecule has 0 saturated heterocycles. The van der Waals surface area contributed by atoms with E-state index in [-0.39, 0.29) is 5.91 Å². The van der Waals surface area contributed by atoms with Gasteiger partial charge >= 0.3 is 0 Å². The van der Waals surface area contributed by atoms with Crippen LogP contribution in [0, 0.1) is 0 Å². The van der Waals surface area contributed by atoms with E-state index >= 15 is 0 Å². The zero-order valence-corrected chi connectivity index (χ0v) is 14.2. The van der Waals surface area contributed by atoms with E-state index in [0.29, 0.717) is 18.7 Å². The second kappa shape index (κ2) is 6.99. The van der Waals surface area contributed by atoms with E-state index in [2.05, 4.69) is 36.8 Å². The lowest BCUT2D eigenvalue weighted by Gasteiger charge is -2.21. The molecule has 104 valence electrons. The molecule has 5 heteroatoms. The number of halogens is 2. The van der Waals surface area contributed by atoms with Gasteiger partial charge in [0.1, 0.15) is 0 Å². The van der Waals surface area contributed by atoms with Gasteiger partial charge in [0, 0.05) is 34.4 Å². The standard InChI is InChI=1S/C15H14Br2N2O/c1-2-19(10-11-5-7-18-8-6-11)15(20)13-4-3-12(16)9-14(13)17/h3-9H,2,10H2,1H3. The van der Waals surface area contributed by atoms with Crippen LogP contribution < -0.4 is 0 Å². The lowest BCUT2D eigenvalue weighted by molar-refractivity contribution is 0.0751. The Morgan fingerprint density at radius 3 is 2.50 bits per heavy atom. The largest absolute Gasteiger partial charge is 0.335 e. The molecule has 20 heavy (non-hydrogen) atoms. The molecule has 1 heterocycles. The van der Waals surface area contributed by atoms with Crippen LogP contribution in [-0.4, -0.2) is 22.3 Å². The quantitative estimate of drug-likeness (QED) is 0.771. The Kier molecular flexibility index (Phi) is 5.31. The minimum absolute atomic E-state index is 0.0173. The molecule has 2 rings (SSSR count). The van der Waals surface area contributed by atoms with Gasteiger partial charge in [0.25, 0.3) is 5.91 Å². The SMILES string of the molecule is CCN(Cc1ccncc1)C(=O)c1ccc(Br)cc1Br. The molecule has 0 spiro atoms.